The van der Waals surface area contributed by atoms with E-state index in [2.05, 4.69) is 15.3 Å². The van der Waals surface area contributed by atoms with E-state index in [4.69, 9.17) is 0 Å². The maximum atomic E-state index is 11.5. The van der Waals surface area contributed by atoms with Crippen molar-refractivity contribution in [3.63, 3.8) is 0 Å². The Morgan fingerprint density at radius 1 is 1.39 bits per heavy atom. The summed E-state index contributed by atoms with van der Waals surface area (Å²) in [4.78, 5) is 11.5. The van der Waals surface area contributed by atoms with Crippen LogP contribution in [-0.4, -0.2) is 30.9 Å². The van der Waals surface area contributed by atoms with E-state index in [1.54, 1.807) is 22.8 Å². The molecular formula is C12H16N4O2. The smallest absolute Gasteiger partial charge is 0.310 e. The Hall–Kier alpha value is -1.98. The van der Waals surface area contributed by atoms with Crippen LogP contribution in [0.25, 0.3) is 5.65 Å². The lowest BCUT2D eigenvalue weighted by atomic mass is 9.79. The van der Waals surface area contributed by atoms with Crippen molar-refractivity contribution >= 4 is 11.6 Å². The molecule has 0 aliphatic carbocycles. The fraction of sp³-hybridized carbons (Fsp3) is 0.500. The highest BCUT2D eigenvalue weighted by Crippen LogP contribution is 2.30. The third-order valence-electron chi connectivity index (χ3n) is 3.55. The average Bonchev–Trinajstić information content (AvgIpc) is 2.79. The Morgan fingerprint density at radius 2 is 2.11 bits per heavy atom. The maximum Gasteiger partial charge on any atom is 0.310 e. The van der Waals surface area contributed by atoms with E-state index in [9.17, 15) is 9.90 Å². The van der Waals surface area contributed by atoms with Gasteiger partial charge >= 0.3 is 5.97 Å². The van der Waals surface area contributed by atoms with Gasteiger partial charge < -0.3 is 5.11 Å². The molecule has 0 aliphatic rings. The summed E-state index contributed by atoms with van der Waals surface area (Å²) in [5, 5.41) is 21.6. The first-order chi connectivity index (χ1) is 8.63. The summed E-state index contributed by atoms with van der Waals surface area (Å²) in [7, 11) is 0. The van der Waals surface area contributed by atoms with Crippen LogP contribution in [0.2, 0.25) is 0 Å². The highest BCUT2D eigenvalue weighted by molar-refractivity contribution is 5.74. The molecule has 0 saturated heterocycles. The second-order valence-electron chi connectivity index (χ2n) is 4.38. The minimum atomic E-state index is -0.791. The number of carboxylic acid groups (broad SMARTS) is 1. The molecule has 0 spiro atoms. The maximum absolute atomic E-state index is 11.5. The summed E-state index contributed by atoms with van der Waals surface area (Å²) >= 11 is 0. The van der Waals surface area contributed by atoms with Gasteiger partial charge in [-0.1, -0.05) is 13.8 Å². The van der Waals surface area contributed by atoms with Crippen molar-refractivity contribution in [3.05, 3.63) is 24.2 Å². The Morgan fingerprint density at radius 3 is 2.72 bits per heavy atom. The van der Waals surface area contributed by atoms with Gasteiger partial charge in [0.1, 0.15) is 0 Å². The van der Waals surface area contributed by atoms with E-state index in [1.807, 2.05) is 13.8 Å². The molecule has 2 aromatic heterocycles. The molecule has 6 heteroatoms. The lowest BCUT2D eigenvalue weighted by Crippen LogP contribution is -2.33. The average molecular weight is 248 g/mol. The van der Waals surface area contributed by atoms with Crippen LogP contribution >= 0.6 is 0 Å². The number of rotatable bonds is 5. The van der Waals surface area contributed by atoms with Crippen LogP contribution in [0.3, 0.4) is 0 Å². The zero-order chi connectivity index (χ0) is 13.2. The van der Waals surface area contributed by atoms with E-state index >= 15 is 0 Å². The normalized spacial score (nSPS) is 11.9. The standard InChI is InChI=1S/C12H16N4O2/c1-3-12(4-2,11(17)18)8-10-15-14-9-6-5-7-13-16(9)10/h5-7H,3-4,8H2,1-2H3,(H,17,18). The number of carbonyl (C=O) groups is 1. The predicted octanol–water partition coefficient (Wildman–Crippen LogP) is 1.56. The summed E-state index contributed by atoms with van der Waals surface area (Å²) in [5.41, 5.74) is -0.153. The number of aliphatic carboxylic acids is 1. The molecule has 0 atom stereocenters. The number of nitrogens with zero attached hydrogens (tertiary/aromatic N) is 4. The topological polar surface area (TPSA) is 80.4 Å². The van der Waals surface area contributed by atoms with Gasteiger partial charge in [-0.15, -0.1) is 10.2 Å². The SMILES string of the molecule is CCC(CC)(Cc1nnc2cccnn12)C(=O)O. The van der Waals surface area contributed by atoms with Crippen molar-refractivity contribution < 1.29 is 9.90 Å². The minimum Gasteiger partial charge on any atom is -0.481 e. The van der Waals surface area contributed by atoms with Crippen molar-refractivity contribution in [3.8, 4) is 0 Å². The first-order valence-electron chi connectivity index (χ1n) is 6.01. The molecule has 0 saturated carbocycles. The van der Waals surface area contributed by atoms with Crippen LogP contribution in [-0.2, 0) is 11.2 Å². The molecule has 6 nitrogen and oxygen atoms in total. The Balaban J connectivity index is 2.40. The van der Waals surface area contributed by atoms with Crippen LogP contribution in [0.15, 0.2) is 18.3 Å². The van der Waals surface area contributed by atoms with Crippen LogP contribution < -0.4 is 0 Å². The van der Waals surface area contributed by atoms with Crippen LogP contribution in [0, 0.1) is 5.41 Å². The Bertz CT molecular complexity index is 560. The summed E-state index contributed by atoms with van der Waals surface area (Å²) < 4.78 is 1.60. The molecule has 2 heterocycles. The van der Waals surface area contributed by atoms with Gasteiger partial charge in [0, 0.05) is 12.6 Å². The highest BCUT2D eigenvalue weighted by Gasteiger charge is 2.36. The predicted molar refractivity (Wildman–Crippen MR) is 65.1 cm³/mol. The molecule has 0 radical (unpaired) electrons. The largest absolute Gasteiger partial charge is 0.481 e. The monoisotopic (exact) mass is 248 g/mol. The quantitative estimate of drug-likeness (QED) is 0.868. The molecule has 0 unspecified atom stereocenters. The lowest BCUT2D eigenvalue weighted by molar-refractivity contribution is -0.149. The van der Waals surface area contributed by atoms with Crippen LogP contribution in [0.4, 0.5) is 0 Å². The molecule has 1 N–H and O–H groups in total. The van der Waals surface area contributed by atoms with E-state index in [1.165, 1.54) is 0 Å². The van der Waals surface area contributed by atoms with Gasteiger partial charge in [-0.3, -0.25) is 4.79 Å². The van der Waals surface area contributed by atoms with Crippen molar-refractivity contribution in [2.45, 2.75) is 33.1 Å². The number of carboxylic acids is 1. The summed E-state index contributed by atoms with van der Waals surface area (Å²) in [6.45, 7) is 3.77. The molecule has 0 aliphatic heterocycles. The number of fused-ring (bicyclic) bond motifs is 1. The zero-order valence-electron chi connectivity index (χ0n) is 10.5. The molecule has 0 aromatic carbocycles. The van der Waals surface area contributed by atoms with E-state index in [0.717, 1.165) is 0 Å². The van der Waals surface area contributed by atoms with Gasteiger partial charge in [-0.2, -0.15) is 9.61 Å². The van der Waals surface area contributed by atoms with Gasteiger partial charge in [0.05, 0.1) is 5.41 Å². The molecule has 2 aromatic rings. The number of hydrogen-bond donors (Lipinski definition) is 1. The Labute approximate surface area is 105 Å². The fourth-order valence-electron chi connectivity index (χ4n) is 2.08. The molecule has 18 heavy (non-hydrogen) atoms. The number of aromatic nitrogens is 4. The minimum absolute atomic E-state index is 0.341. The molecule has 0 fully saturated rings. The number of hydrogen-bond acceptors (Lipinski definition) is 4. The van der Waals surface area contributed by atoms with Crippen molar-refractivity contribution in [2.24, 2.45) is 5.41 Å². The first kappa shape index (κ1) is 12.5. The molecule has 2 rings (SSSR count). The van der Waals surface area contributed by atoms with Crippen molar-refractivity contribution in [2.75, 3.05) is 0 Å². The molecule has 0 amide bonds. The summed E-state index contributed by atoms with van der Waals surface area (Å²) in [6.07, 6.45) is 3.09. The first-order valence-corrected chi connectivity index (χ1v) is 6.01. The van der Waals surface area contributed by atoms with E-state index in [-0.39, 0.29) is 0 Å². The highest BCUT2D eigenvalue weighted by atomic mass is 16.4. The third-order valence-corrected chi connectivity index (χ3v) is 3.55. The van der Waals surface area contributed by atoms with Gasteiger partial charge in [0.2, 0.25) is 0 Å². The molecule has 96 valence electrons. The molecule has 0 bridgehead atoms. The van der Waals surface area contributed by atoms with Crippen molar-refractivity contribution in [1.82, 2.24) is 19.8 Å². The van der Waals surface area contributed by atoms with E-state index < -0.39 is 11.4 Å². The Kier molecular flexibility index (Phi) is 3.27. The van der Waals surface area contributed by atoms with Crippen LogP contribution in [0.5, 0.6) is 0 Å². The van der Waals surface area contributed by atoms with Crippen molar-refractivity contribution in [1.29, 1.82) is 0 Å². The summed E-state index contributed by atoms with van der Waals surface area (Å²) in [5.74, 6) is -0.197. The van der Waals surface area contributed by atoms with Gasteiger partial charge in [-0.05, 0) is 25.0 Å². The second kappa shape index (κ2) is 4.72. The van der Waals surface area contributed by atoms with Gasteiger partial charge in [0.25, 0.3) is 0 Å². The van der Waals surface area contributed by atoms with E-state index in [0.29, 0.717) is 30.7 Å². The third kappa shape index (κ3) is 1.94. The van der Waals surface area contributed by atoms with Crippen LogP contribution in [0.1, 0.15) is 32.5 Å². The summed E-state index contributed by atoms with van der Waals surface area (Å²) in [6, 6.07) is 3.57. The van der Waals surface area contributed by atoms with Gasteiger partial charge in [-0.25, -0.2) is 0 Å². The molecular weight excluding hydrogens is 232 g/mol. The van der Waals surface area contributed by atoms with Gasteiger partial charge in [0.15, 0.2) is 11.5 Å². The fourth-order valence-corrected chi connectivity index (χ4v) is 2.08. The zero-order valence-corrected chi connectivity index (χ0v) is 10.5. The lowest BCUT2D eigenvalue weighted by Gasteiger charge is -2.25. The second-order valence-corrected chi connectivity index (χ2v) is 4.38.